The van der Waals surface area contributed by atoms with Crippen LogP contribution in [-0.2, 0) is 21.8 Å². The van der Waals surface area contributed by atoms with Gasteiger partial charge in [-0.2, -0.15) is 0 Å². The fourth-order valence-electron chi connectivity index (χ4n) is 3.11. The van der Waals surface area contributed by atoms with Gasteiger partial charge in [0.25, 0.3) is 0 Å². The van der Waals surface area contributed by atoms with Crippen LogP contribution >= 0.6 is 0 Å². The Hall–Kier alpha value is -2.49. The third-order valence-electron chi connectivity index (χ3n) is 4.52. The molecule has 0 amide bonds. The summed E-state index contributed by atoms with van der Waals surface area (Å²) in [6, 6.07) is 8.63. The lowest BCUT2D eigenvalue weighted by molar-refractivity contribution is 0.122. The number of aromatic nitrogens is 3. The molecular weight excluding hydrogens is 354 g/mol. The summed E-state index contributed by atoms with van der Waals surface area (Å²) in [5, 5.41) is 5.21. The highest BCUT2D eigenvalue weighted by atomic mass is 32.2. The van der Waals surface area contributed by atoms with Gasteiger partial charge in [-0.25, -0.2) is 23.5 Å². The van der Waals surface area contributed by atoms with Crippen LogP contribution in [0.5, 0.6) is 0 Å². The number of rotatable bonds is 3. The Bertz CT molecular complexity index is 1050. The predicted molar refractivity (Wildman–Crippen MR) is 98.4 cm³/mol. The maximum absolute atomic E-state index is 11.5. The summed E-state index contributed by atoms with van der Waals surface area (Å²) in [6.45, 7) is 3.07. The van der Waals surface area contributed by atoms with E-state index in [0.717, 1.165) is 30.0 Å². The maximum Gasteiger partial charge on any atom is 0.238 e. The van der Waals surface area contributed by atoms with Crippen LogP contribution < -0.4 is 10.0 Å². The number of sulfonamides is 1. The van der Waals surface area contributed by atoms with Crippen LogP contribution in [-0.4, -0.2) is 49.3 Å². The summed E-state index contributed by atoms with van der Waals surface area (Å²) in [6.07, 6.45) is 1.78. The van der Waals surface area contributed by atoms with Crippen LogP contribution in [0, 0.1) is 0 Å². The molecule has 4 rings (SSSR count). The normalized spacial score (nSPS) is 15.5. The van der Waals surface area contributed by atoms with Gasteiger partial charge in [0.2, 0.25) is 10.0 Å². The molecule has 2 N–H and O–H groups in total. The molecule has 1 saturated heterocycles. The molecular formula is C17H19N5O3S. The Morgan fingerprint density at radius 1 is 1.15 bits per heavy atom. The predicted octanol–water partition coefficient (Wildman–Crippen LogP) is 1.12. The summed E-state index contributed by atoms with van der Waals surface area (Å²) in [5.41, 5.74) is 2.26. The zero-order chi connectivity index (χ0) is 18.3. The fourth-order valence-corrected chi connectivity index (χ4v) is 3.65. The molecule has 0 unspecified atom stereocenters. The monoisotopic (exact) mass is 373 g/mol. The van der Waals surface area contributed by atoms with Crippen LogP contribution in [0.4, 0.5) is 5.82 Å². The summed E-state index contributed by atoms with van der Waals surface area (Å²) >= 11 is 0. The first-order chi connectivity index (χ1) is 12.4. The molecule has 1 fully saturated rings. The first-order valence-electron chi connectivity index (χ1n) is 8.22. The highest BCUT2D eigenvalue weighted by Crippen LogP contribution is 2.26. The van der Waals surface area contributed by atoms with Gasteiger partial charge in [0.15, 0.2) is 0 Å². The number of primary sulfonamides is 1. The van der Waals surface area contributed by atoms with E-state index in [9.17, 15) is 8.42 Å². The highest BCUT2D eigenvalue weighted by Gasteiger charge is 2.16. The topological polar surface area (TPSA) is 103 Å². The van der Waals surface area contributed by atoms with Gasteiger partial charge in [-0.3, -0.25) is 0 Å². The van der Waals surface area contributed by atoms with Crippen molar-refractivity contribution < 1.29 is 13.2 Å². The summed E-state index contributed by atoms with van der Waals surface area (Å²) in [4.78, 5) is 11.3. The minimum atomic E-state index is -3.76. The fraction of sp³-hybridized carbons (Fsp3) is 0.294. The van der Waals surface area contributed by atoms with Gasteiger partial charge >= 0.3 is 0 Å². The highest BCUT2D eigenvalue weighted by molar-refractivity contribution is 7.89. The van der Waals surface area contributed by atoms with E-state index < -0.39 is 10.0 Å². The van der Waals surface area contributed by atoms with Crippen molar-refractivity contribution >= 4 is 26.9 Å². The van der Waals surface area contributed by atoms with Crippen molar-refractivity contribution in [2.45, 2.75) is 4.90 Å². The number of nitrogens with two attached hydrogens (primary N) is 1. The minimum Gasteiger partial charge on any atom is -0.378 e. The molecule has 0 saturated carbocycles. The number of hydrogen-bond acceptors (Lipinski definition) is 6. The Balaban J connectivity index is 1.70. The first kappa shape index (κ1) is 17.0. The van der Waals surface area contributed by atoms with E-state index in [0.29, 0.717) is 24.6 Å². The molecule has 0 spiro atoms. The molecule has 0 atom stereocenters. The Kier molecular flexibility index (Phi) is 4.14. The second-order valence-electron chi connectivity index (χ2n) is 6.19. The Morgan fingerprint density at radius 3 is 2.58 bits per heavy atom. The summed E-state index contributed by atoms with van der Waals surface area (Å²) < 4.78 is 30.4. The molecule has 0 radical (unpaired) electrons. The minimum absolute atomic E-state index is 0.0513. The van der Waals surface area contributed by atoms with Crippen LogP contribution in [0.2, 0.25) is 0 Å². The first-order valence-corrected chi connectivity index (χ1v) is 9.76. The van der Waals surface area contributed by atoms with Gasteiger partial charge in [-0.1, -0.05) is 0 Å². The average molecular weight is 373 g/mol. The van der Waals surface area contributed by atoms with Crippen molar-refractivity contribution in [1.82, 2.24) is 14.5 Å². The Morgan fingerprint density at radius 2 is 1.92 bits per heavy atom. The van der Waals surface area contributed by atoms with Gasteiger partial charge < -0.3 is 14.2 Å². The van der Waals surface area contributed by atoms with E-state index in [-0.39, 0.29) is 4.90 Å². The lowest BCUT2D eigenvalue weighted by Gasteiger charge is -2.27. The Labute approximate surface area is 151 Å². The largest absolute Gasteiger partial charge is 0.378 e. The number of fused-ring (bicyclic) bond motifs is 1. The molecule has 0 aliphatic carbocycles. The second-order valence-corrected chi connectivity index (χ2v) is 7.76. The third kappa shape index (κ3) is 3.05. The number of hydrogen-bond donors (Lipinski definition) is 1. The van der Waals surface area contributed by atoms with Gasteiger partial charge in [0, 0.05) is 31.9 Å². The number of benzene rings is 1. The summed E-state index contributed by atoms with van der Waals surface area (Å²) in [5.74, 6) is 1.62. The standard InChI is InChI=1S/C17H19N5O3S/c1-21-15-4-3-13(26(18,23)24)10-14(15)20-17(21)12-2-5-16(19-11-12)22-6-8-25-9-7-22/h2-5,10-11H,6-9H2,1H3,(H2,18,23,24). The van der Waals surface area contributed by atoms with E-state index in [1.165, 1.54) is 12.1 Å². The zero-order valence-electron chi connectivity index (χ0n) is 14.3. The molecule has 0 bridgehead atoms. The van der Waals surface area contributed by atoms with Crippen molar-refractivity contribution in [2.75, 3.05) is 31.2 Å². The molecule has 2 aromatic heterocycles. The average Bonchev–Trinajstić information content (AvgIpc) is 2.98. The van der Waals surface area contributed by atoms with Gasteiger partial charge in [0.05, 0.1) is 29.1 Å². The summed E-state index contributed by atoms with van der Waals surface area (Å²) in [7, 11) is -1.87. The SMILES string of the molecule is Cn1c(-c2ccc(N3CCOCC3)nc2)nc2cc(S(N)(=O)=O)ccc21. The molecule has 9 heteroatoms. The zero-order valence-corrected chi connectivity index (χ0v) is 15.1. The number of pyridine rings is 1. The van der Waals surface area contributed by atoms with E-state index >= 15 is 0 Å². The lowest BCUT2D eigenvalue weighted by atomic mass is 10.2. The number of nitrogens with zero attached hydrogens (tertiary/aromatic N) is 4. The maximum atomic E-state index is 11.5. The van der Waals surface area contributed by atoms with E-state index in [4.69, 9.17) is 9.88 Å². The van der Waals surface area contributed by atoms with Crippen molar-refractivity contribution in [3.05, 3.63) is 36.5 Å². The number of ether oxygens (including phenoxy) is 1. The van der Waals surface area contributed by atoms with Crippen LogP contribution in [0.25, 0.3) is 22.4 Å². The number of anilines is 1. The van der Waals surface area contributed by atoms with Crippen molar-refractivity contribution in [2.24, 2.45) is 12.2 Å². The van der Waals surface area contributed by atoms with Crippen molar-refractivity contribution in [3.63, 3.8) is 0 Å². The molecule has 1 aliphatic rings. The van der Waals surface area contributed by atoms with Gasteiger partial charge in [-0.05, 0) is 30.3 Å². The molecule has 136 valence electrons. The quantitative estimate of drug-likeness (QED) is 0.738. The molecule has 1 aliphatic heterocycles. The molecule has 1 aromatic carbocycles. The van der Waals surface area contributed by atoms with Crippen molar-refractivity contribution in [3.8, 4) is 11.4 Å². The van der Waals surface area contributed by atoms with Gasteiger partial charge in [0.1, 0.15) is 11.6 Å². The molecule has 3 aromatic rings. The van der Waals surface area contributed by atoms with E-state index in [1.807, 2.05) is 23.7 Å². The van der Waals surface area contributed by atoms with E-state index in [2.05, 4.69) is 14.9 Å². The van der Waals surface area contributed by atoms with Crippen LogP contribution in [0.1, 0.15) is 0 Å². The third-order valence-corrected chi connectivity index (χ3v) is 5.43. The molecule has 3 heterocycles. The molecule has 26 heavy (non-hydrogen) atoms. The van der Waals surface area contributed by atoms with Crippen LogP contribution in [0.15, 0.2) is 41.4 Å². The van der Waals surface area contributed by atoms with Gasteiger partial charge in [-0.15, -0.1) is 0 Å². The van der Waals surface area contributed by atoms with Crippen molar-refractivity contribution in [1.29, 1.82) is 0 Å². The van der Waals surface area contributed by atoms with E-state index in [1.54, 1.807) is 12.3 Å². The second kappa shape index (κ2) is 6.35. The van der Waals surface area contributed by atoms with Crippen LogP contribution in [0.3, 0.4) is 0 Å². The number of imidazole rings is 1. The smallest absolute Gasteiger partial charge is 0.238 e. The number of aryl methyl sites for hydroxylation is 1. The lowest BCUT2D eigenvalue weighted by Crippen LogP contribution is -2.36. The molecule has 8 nitrogen and oxygen atoms in total. The number of morpholine rings is 1.